The van der Waals surface area contributed by atoms with E-state index in [9.17, 15) is 0 Å². The number of nitrogens with zero attached hydrogens (tertiary/aromatic N) is 1. The summed E-state index contributed by atoms with van der Waals surface area (Å²) >= 11 is 1.85. The molecule has 1 saturated heterocycles. The Morgan fingerprint density at radius 3 is 2.45 bits per heavy atom. The van der Waals surface area contributed by atoms with Gasteiger partial charge in [-0.2, -0.15) is 0 Å². The van der Waals surface area contributed by atoms with Gasteiger partial charge in [-0.1, -0.05) is 48.2 Å². The lowest BCUT2D eigenvalue weighted by molar-refractivity contribution is 0.197. The standard InChI is InChI=1S/C20H23NS/c1-21-12-6-7-15(14-21)13-18-16-8-2-4-10-19(16)22-20-11-5-3-9-17(18)20/h2-5,8-11,15,18H,6-7,12-14H2,1H3/i1D3. The van der Waals surface area contributed by atoms with Crippen molar-refractivity contribution in [1.82, 2.24) is 4.90 Å². The summed E-state index contributed by atoms with van der Waals surface area (Å²) in [6, 6.07) is 17.4. The zero-order valence-electron chi connectivity index (χ0n) is 15.7. The van der Waals surface area contributed by atoms with Crippen LogP contribution in [0.4, 0.5) is 0 Å². The van der Waals surface area contributed by atoms with Crippen molar-refractivity contribution in [3.63, 3.8) is 0 Å². The van der Waals surface area contributed by atoms with Crippen molar-refractivity contribution in [1.29, 1.82) is 0 Å². The highest BCUT2D eigenvalue weighted by Crippen LogP contribution is 2.48. The van der Waals surface area contributed by atoms with E-state index in [2.05, 4.69) is 48.5 Å². The smallest absolute Gasteiger partial charge is 0.0394 e. The van der Waals surface area contributed by atoms with Crippen molar-refractivity contribution in [2.24, 2.45) is 5.92 Å². The van der Waals surface area contributed by atoms with E-state index in [4.69, 9.17) is 4.11 Å². The minimum atomic E-state index is -1.96. The molecule has 114 valence electrons. The normalized spacial score (nSPS) is 24.7. The van der Waals surface area contributed by atoms with Crippen LogP contribution in [0.15, 0.2) is 58.3 Å². The van der Waals surface area contributed by atoms with E-state index in [0.29, 0.717) is 24.9 Å². The Kier molecular flexibility index (Phi) is 3.13. The molecule has 2 heterocycles. The Bertz CT molecular complexity index is 713. The van der Waals surface area contributed by atoms with Crippen LogP contribution in [0.2, 0.25) is 0 Å². The SMILES string of the molecule is [2H]C([2H])([2H])N1CCCC(CC2c3ccccc3Sc3ccccc32)C1. The van der Waals surface area contributed by atoms with Crippen LogP contribution in [-0.4, -0.2) is 25.0 Å². The maximum absolute atomic E-state index is 7.73. The first-order chi connectivity index (χ1) is 12.0. The average molecular weight is 312 g/mol. The Labute approximate surface area is 141 Å². The van der Waals surface area contributed by atoms with E-state index >= 15 is 0 Å². The van der Waals surface area contributed by atoms with E-state index in [0.717, 1.165) is 19.3 Å². The molecule has 0 spiro atoms. The maximum atomic E-state index is 7.73. The van der Waals surface area contributed by atoms with E-state index in [1.54, 1.807) is 4.90 Å². The van der Waals surface area contributed by atoms with Gasteiger partial charge in [-0.05, 0) is 62.0 Å². The van der Waals surface area contributed by atoms with Crippen LogP contribution < -0.4 is 0 Å². The number of rotatable bonds is 2. The van der Waals surface area contributed by atoms with Crippen molar-refractivity contribution < 1.29 is 4.11 Å². The highest BCUT2D eigenvalue weighted by molar-refractivity contribution is 7.99. The largest absolute Gasteiger partial charge is 0.306 e. The molecule has 0 radical (unpaired) electrons. The fourth-order valence-corrected chi connectivity index (χ4v) is 5.04. The molecule has 0 aromatic heterocycles. The number of hydrogen-bond acceptors (Lipinski definition) is 2. The fraction of sp³-hybridized carbons (Fsp3) is 0.400. The molecule has 22 heavy (non-hydrogen) atoms. The molecular formula is C20H23NS. The molecule has 0 aliphatic carbocycles. The Morgan fingerprint density at radius 2 is 1.77 bits per heavy atom. The second kappa shape index (κ2) is 6.10. The van der Waals surface area contributed by atoms with Crippen molar-refractivity contribution in [2.75, 3.05) is 20.1 Å². The third-order valence-electron chi connectivity index (χ3n) is 4.90. The van der Waals surface area contributed by atoms with Gasteiger partial charge in [-0.3, -0.25) is 0 Å². The number of hydrogen-bond donors (Lipinski definition) is 0. The van der Waals surface area contributed by atoms with Crippen LogP contribution in [0.5, 0.6) is 0 Å². The van der Waals surface area contributed by atoms with E-state index in [1.165, 1.54) is 20.9 Å². The van der Waals surface area contributed by atoms with Gasteiger partial charge in [0.15, 0.2) is 0 Å². The molecule has 0 N–H and O–H groups in total. The van der Waals surface area contributed by atoms with Gasteiger partial charge in [0.05, 0.1) is 0 Å². The molecule has 0 bridgehead atoms. The van der Waals surface area contributed by atoms with Gasteiger partial charge in [0, 0.05) is 26.4 Å². The van der Waals surface area contributed by atoms with E-state index in [-0.39, 0.29) is 0 Å². The second-order valence-corrected chi connectivity index (χ2v) is 7.50. The van der Waals surface area contributed by atoms with Crippen LogP contribution in [0.25, 0.3) is 0 Å². The highest BCUT2D eigenvalue weighted by Gasteiger charge is 2.29. The van der Waals surface area contributed by atoms with E-state index in [1.807, 2.05) is 11.8 Å². The monoisotopic (exact) mass is 312 g/mol. The van der Waals surface area contributed by atoms with Gasteiger partial charge >= 0.3 is 0 Å². The minimum absolute atomic E-state index is 0.371. The first-order valence-corrected chi connectivity index (χ1v) is 8.95. The molecule has 1 nitrogen and oxygen atoms in total. The minimum Gasteiger partial charge on any atom is -0.306 e. The Hall–Kier alpha value is -1.25. The summed E-state index contributed by atoms with van der Waals surface area (Å²) in [5, 5.41) is 0. The van der Waals surface area contributed by atoms with Crippen LogP contribution in [0, 0.1) is 5.92 Å². The van der Waals surface area contributed by atoms with Crippen LogP contribution in [0.3, 0.4) is 0 Å². The third kappa shape index (κ3) is 2.70. The van der Waals surface area contributed by atoms with Gasteiger partial charge in [0.2, 0.25) is 0 Å². The molecule has 4 rings (SSSR count). The predicted molar refractivity (Wildman–Crippen MR) is 93.7 cm³/mol. The zero-order chi connectivity index (χ0) is 17.4. The average Bonchev–Trinajstić information content (AvgIpc) is 2.61. The summed E-state index contributed by atoms with van der Waals surface area (Å²) in [4.78, 5) is 4.38. The summed E-state index contributed by atoms with van der Waals surface area (Å²) in [6.45, 7) is -0.581. The van der Waals surface area contributed by atoms with Gasteiger partial charge in [0.1, 0.15) is 0 Å². The van der Waals surface area contributed by atoms with Crippen molar-refractivity contribution in [3.05, 3.63) is 59.7 Å². The number of likely N-dealkylation sites (tertiary alicyclic amines) is 1. The summed E-state index contributed by atoms with van der Waals surface area (Å²) in [6.07, 6.45) is 3.13. The fourth-order valence-electron chi connectivity index (χ4n) is 3.85. The topological polar surface area (TPSA) is 3.24 Å². The van der Waals surface area contributed by atoms with Crippen LogP contribution >= 0.6 is 11.8 Å². The summed E-state index contributed by atoms with van der Waals surface area (Å²) < 4.78 is 23.2. The summed E-state index contributed by atoms with van der Waals surface area (Å²) in [5.74, 6) is 0.804. The van der Waals surface area contributed by atoms with Gasteiger partial charge in [-0.15, -0.1) is 0 Å². The number of piperidine rings is 1. The Balaban J connectivity index is 1.62. The first-order valence-electron chi connectivity index (χ1n) is 9.63. The lowest BCUT2D eigenvalue weighted by Gasteiger charge is -2.35. The molecule has 2 aromatic rings. The molecule has 2 aliphatic heterocycles. The molecule has 2 heteroatoms. The molecule has 1 atom stereocenters. The zero-order valence-corrected chi connectivity index (χ0v) is 13.5. The second-order valence-electron chi connectivity index (χ2n) is 6.42. The van der Waals surface area contributed by atoms with Crippen LogP contribution in [0.1, 0.15) is 40.4 Å². The molecule has 1 unspecified atom stereocenters. The van der Waals surface area contributed by atoms with Gasteiger partial charge in [-0.25, -0.2) is 0 Å². The summed E-state index contributed by atoms with van der Waals surface area (Å²) in [5.41, 5.74) is 2.80. The quantitative estimate of drug-likeness (QED) is 0.766. The van der Waals surface area contributed by atoms with Crippen molar-refractivity contribution in [2.45, 2.75) is 35.0 Å². The van der Waals surface area contributed by atoms with Gasteiger partial charge < -0.3 is 4.90 Å². The molecular weight excluding hydrogens is 286 g/mol. The lowest BCUT2D eigenvalue weighted by atomic mass is 9.80. The molecule has 2 aromatic carbocycles. The highest BCUT2D eigenvalue weighted by atomic mass is 32.2. The molecule has 1 fully saturated rings. The van der Waals surface area contributed by atoms with Gasteiger partial charge in [0.25, 0.3) is 0 Å². The number of benzene rings is 2. The number of fused-ring (bicyclic) bond motifs is 2. The van der Waals surface area contributed by atoms with E-state index < -0.39 is 6.98 Å². The van der Waals surface area contributed by atoms with Crippen molar-refractivity contribution in [3.8, 4) is 0 Å². The lowest BCUT2D eigenvalue weighted by Crippen LogP contribution is -2.33. The summed E-state index contributed by atoms with van der Waals surface area (Å²) in [7, 11) is 0. The van der Waals surface area contributed by atoms with Crippen LogP contribution in [-0.2, 0) is 0 Å². The predicted octanol–water partition coefficient (Wildman–Crippen LogP) is 5.02. The maximum Gasteiger partial charge on any atom is 0.0394 e. The molecule has 0 amide bonds. The Morgan fingerprint density at radius 1 is 1.09 bits per heavy atom. The molecule has 2 aliphatic rings. The first kappa shape index (κ1) is 11.3. The third-order valence-corrected chi connectivity index (χ3v) is 6.08. The molecule has 0 saturated carbocycles. The van der Waals surface area contributed by atoms with Crippen molar-refractivity contribution >= 4 is 11.8 Å².